The van der Waals surface area contributed by atoms with Gasteiger partial charge in [-0.25, -0.2) is 0 Å². The van der Waals surface area contributed by atoms with Gasteiger partial charge in [0.25, 0.3) is 0 Å². The van der Waals surface area contributed by atoms with E-state index >= 15 is 0 Å². The Morgan fingerprint density at radius 3 is 3.00 bits per heavy atom. The molecule has 1 heterocycles. The second kappa shape index (κ2) is 4.17. The van der Waals surface area contributed by atoms with Crippen LogP contribution in [0.4, 0.5) is 0 Å². The van der Waals surface area contributed by atoms with Crippen LogP contribution in [0.2, 0.25) is 0 Å². The molecule has 3 unspecified atom stereocenters. The Morgan fingerprint density at radius 1 is 1.75 bits per heavy atom. The quantitative estimate of drug-likeness (QED) is 0.584. The maximum absolute atomic E-state index is 10.3. The van der Waals surface area contributed by atoms with Crippen molar-refractivity contribution in [2.75, 3.05) is 13.2 Å². The van der Waals surface area contributed by atoms with Crippen molar-refractivity contribution < 1.29 is 4.74 Å². The summed E-state index contributed by atoms with van der Waals surface area (Å²) in [6, 6.07) is 1.16. The van der Waals surface area contributed by atoms with Gasteiger partial charge in [-0.15, -0.1) is 4.91 Å². The zero-order chi connectivity index (χ0) is 8.97. The second-order valence-electron chi connectivity index (χ2n) is 3.18. The lowest BCUT2D eigenvalue weighted by Gasteiger charge is -2.28. The second-order valence-corrected chi connectivity index (χ2v) is 3.18. The molecule has 0 aromatic carbocycles. The molecule has 1 saturated heterocycles. The molecular formula is C8H12N2O2. The fourth-order valence-corrected chi connectivity index (χ4v) is 1.47. The molecule has 0 saturated carbocycles. The third-order valence-electron chi connectivity index (χ3n) is 2.41. The smallest absolute Gasteiger partial charge is 0.183 e. The van der Waals surface area contributed by atoms with Gasteiger partial charge in [-0.3, -0.25) is 0 Å². The Balaban J connectivity index is 2.58. The molecule has 12 heavy (non-hydrogen) atoms. The van der Waals surface area contributed by atoms with E-state index in [2.05, 4.69) is 5.18 Å². The summed E-state index contributed by atoms with van der Waals surface area (Å²) in [5.41, 5.74) is 0. The highest BCUT2D eigenvalue weighted by Gasteiger charge is 2.30. The van der Waals surface area contributed by atoms with Gasteiger partial charge in [0, 0.05) is 12.5 Å². The Bertz CT molecular complexity index is 200. The lowest BCUT2D eigenvalue weighted by Crippen LogP contribution is -2.33. The van der Waals surface area contributed by atoms with Gasteiger partial charge in [-0.1, -0.05) is 12.1 Å². The number of hydrogen-bond acceptors (Lipinski definition) is 4. The maximum atomic E-state index is 10.3. The first kappa shape index (κ1) is 9.14. The van der Waals surface area contributed by atoms with E-state index in [0.29, 0.717) is 12.5 Å². The van der Waals surface area contributed by atoms with Gasteiger partial charge in [0.15, 0.2) is 6.04 Å². The molecule has 0 radical (unpaired) electrons. The van der Waals surface area contributed by atoms with Crippen LogP contribution in [0.25, 0.3) is 0 Å². The summed E-state index contributed by atoms with van der Waals surface area (Å²) in [6.07, 6.45) is 0.915. The van der Waals surface area contributed by atoms with Crippen molar-refractivity contribution in [3.05, 3.63) is 4.91 Å². The van der Waals surface area contributed by atoms with Gasteiger partial charge >= 0.3 is 0 Å². The van der Waals surface area contributed by atoms with Crippen LogP contribution < -0.4 is 0 Å². The summed E-state index contributed by atoms with van der Waals surface area (Å²) < 4.78 is 5.19. The summed E-state index contributed by atoms with van der Waals surface area (Å²) in [4.78, 5) is 10.3. The maximum Gasteiger partial charge on any atom is 0.183 e. The van der Waals surface area contributed by atoms with Gasteiger partial charge in [-0.05, 0) is 12.3 Å². The van der Waals surface area contributed by atoms with Crippen LogP contribution in [-0.4, -0.2) is 19.3 Å². The average molecular weight is 168 g/mol. The molecule has 1 aliphatic rings. The highest BCUT2D eigenvalue weighted by molar-refractivity contribution is 4.97. The first-order valence-corrected chi connectivity index (χ1v) is 4.09. The fraction of sp³-hybridized carbons (Fsp3) is 0.875. The van der Waals surface area contributed by atoms with Gasteiger partial charge in [-0.2, -0.15) is 5.26 Å². The van der Waals surface area contributed by atoms with Gasteiger partial charge < -0.3 is 4.74 Å². The van der Waals surface area contributed by atoms with Crippen LogP contribution in [0.5, 0.6) is 0 Å². The summed E-state index contributed by atoms with van der Waals surface area (Å²) in [5.74, 6) is 0.349. The largest absolute Gasteiger partial charge is 0.381 e. The molecule has 66 valence electrons. The summed E-state index contributed by atoms with van der Waals surface area (Å²) in [7, 11) is 0. The first-order valence-electron chi connectivity index (χ1n) is 4.09. The molecule has 1 rings (SSSR count). The predicted molar refractivity (Wildman–Crippen MR) is 43.3 cm³/mol. The molecule has 1 fully saturated rings. The van der Waals surface area contributed by atoms with Crippen LogP contribution in [0, 0.1) is 28.1 Å². The molecule has 0 aromatic heterocycles. The van der Waals surface area contributed by atoms with Crippen LogP contribution in [0.1, 0.15) is 13.3 Å². The Labute approximate surface area is 71.5 Å². The van der Waals surface area contributed by atoms with Crippen molar-refractivity contribution in [1.29, 1.82) is 5.26 Å². The van der Waals surface area contributed by atoms with Crippen molar-refractivity contribution in [2.45, 2.75) is 19.4 Å². The normalized spacial score (nSPS) is 32.0. The summed E-state index contributed by atoms with van der Waals surface area (Å²) in [6.45, 7) is 3.25. The average Bonchev–Trinajstić information content (AvgIpc) is 2.10. The van der Waals surface area contributed by atoms with Crippen LogP contribution in [-0.2, 0) is 4.74 Å². The molecular weight excluding hydrogens is 156 g/mol. The van der Waals surface area contributed by atoms with E-state index in [1.807, 2.05) is 13.0 Å². The third-order valence-corrected chi connectivity index (χ3v) is 2.41. The van der Waals surface area contributed by atoms with Gasteiger partial charge in [0.05, 0.1) is 12.7 Å². The summed E-state index contributed by atoms with van der Waals surface area (Å²) in [5, 5.41) is 11.4. The highest BCUT2D eigenvalue weighted by Crippen LogP contribution is 2.25. The van der Waals surface area contributed by atoms with Gasteiger partial charge in [0.1, 0.15) is 0 Å². The number of ether oxygens (including phenoxy) is 1. The van der Waals surface area contributed by atoms with E-state index in [4.69, 9.17) is 10.00 Å². The summed E-state index contributed by atoms with van der Waals surface area (Å²) >= 11 is 0. The number of nitrogens with zero attached hydrogens (tertiary/aromatic N) is 2. The van der Waals surface area contributed by atoms with Crippen LogP contribution in [0.3, 0.4) is 0 Å². The topological polar surface area (TPSA) is 62.4 Å². The van der Waals surface area contributed by atoms with Crippen LogP contribution in [0.15, 0.2) is 5.18 Å². The molecule has 0 spiro atoms. The van der Waals surface area contributed by atoms with Crippen molar-refractivity contribution in [3.8, 4) is 6.07 Å². The SMILES string of the molecule is CC1CCOCC1C(C#N)N=O. The van der Waals surface area contributed by atoms with Crippen LogP contribution >= 0.6 is 0 Å². The lowest BCUT2D eigenvalue weighted by molar-refractivity contribution is 0.0190. The van der Waals surface area contributed by atoms with E-state index in [0.717, 1.165) is 13.0 Å². The Hall–Kier alpha value is -0.950. The molecule has 0 amide bonds. The predicted octanol–water partition coefficient (Wildman–Crippen LogP) is 1.32. The van der Waals surface area contributed by atoms with Gasteiger partial charge in [0.2, 0.25) is 0 Å². The molecule has 0 bridgehead atoms. The van der Waals surface area contributed by atoms with E-state index < -0.39 is 6.04 Å². The minimum absolute atomic E-state index is 0.0127. The molecule has 4 nitrogen and oxygen atoms in total. The standard InChI is InChI=1S/C8H12N2O2/c1-6-2-3-12-5-7(6)8(4-9)10-11/h6-8H,2-3,5H2,1H3. The fourth-order valence-electron chi connectivity index (χ4n) is 1.47. The van der Waals surface area contributed by atoms with E-state index in [9.17, 15) is 4.91 Å². The molecule has 4 heteroatoms. The molecule has 0 aliphatic carbocycles. The Kier molecular flexibility index (Phi) is 3.18. The van der Waals surface area contributed by atoms with Crippen molar-refractivity contribution in [2.24, 2.45) is 17.0 Å². The number of hydrogen-bond donors (Lipinski definition) is 0. The van der Waals surface area contributed by atoms with E-state index in [-0.39, 0.29) is 5.92 Å². The molecule has 0 N–H and O–H groups in total. The monoisotopic (exact) mass is 168 g/mol. The zero-order valence-corrected chi connectivity index (χ0v) is 7.06. The number of nitriles is 1. The first-order chi connectivity index (χ1) is 5.79. The van der Waals surface area contributed by atoms with Crippen molar-refractivity contribution in [3.63, 3.8) is 0 Å². The lowest BCUT2D eigenvalue weighted by atomic mass is 9.85. The van der Waals surface area contributed by atoms with E-state index in [1.54, 1.807) is 0 Å². The van der Waals surface area contributed by atoms with Crippen molar-refractivity contribution in [1.82, 2.24) is 0 Å². The third kappa shape index (κ3) is 1.80. The van der Waals surface area contributed by atoms with Crippen molar-refractivity contribution >= 4 is 0 Å². The van der Waals surface area contributed by atoms with E-state index in [1.165, 1.54) is 0 Å². The minimum Gasteiger partial charge on any atom is -0.381 e. The molecule has 3 atom stereocenters. The zero-order valence-electron chi connectivity index (χ0n) is 7.06. The highest BCUT2D eigenvalue weighted by atomic mass is 16.5. The Morgan fingerprint density at radius 2 is 2.50 bits per heavy atom. The molecule has 1 aliphatic heterocycles. The number of rotatable bonds is 2. The number of nitroso groups, excluding NO2 is 1. The minimum atomic E-state index is -0.736. The molecule has 0 aromatic rings.